The fourth-order valence-corrected chi connectivity index (χ4v) is 3.33. The molecule has 0 aliphatic carbocycles. The van der Waals surface area contributed by atoms with Crippen molar-refractivity contribution in [3.63, 3.8) is 0 Å². The van der Waals surface area contributed by atoms with Crippen molar-refractivity contribution in [2.24, 2.45) is 0 Å². The van der Waals surface area contributed by atoms with Crippen molar-refractivity contribution in [2.75, 3.05) is 18.5 Å². The van der Waals surface area contributed by atoms with Gasteiger partial charge in [-0.15, -0.1) is 0 Å². The molecule has 1 aromatic rings. The summed E-state index contributed by atoms with van der Waals surface area (Å²) in [5.41, 5.74) is 1.21. The number of hydrogen-bond acceptors (Lipinski definition) is 1. The molecule has 0 N–H and O–H groups in total. The van der Waals surface area contributed by atoms with Gasteiger partial charge in [0.1, 0.15) is 0 Å². The van der Waals surface area contributed by atoms with E-state index in [0.717, 1.165) is 24.9 Å². The molecule has 16 heavy (non-hydrogen) atoms. The van der Waals surface area contributed by atoms with E-state index in [1.807, 2.05) is 32.0 Å². The molecule has 0 aliphatic rings. The van der Waals surface area contributed by atoms with Gasteiger partial charge in [0.2, 0.25) is 0 Å². The Kier molecular flexibility index (Phi) is 5.55. The molecule has 1 rings (SSSR count). The van der Waals surface area contributed by atoms with Crippen LogP contribution in [-0.2, 0) is 4.57 Å². The van der Waals surface area contributed by atoms with Crippen molar-refractivity contribution in [3.05, 3.63) is 42.0 Å². The Morgan fingerprint density at radius 2 is 1.75 bits per heavy atom. The summed E-state index contributed by atoms with van der Waals surface area (Å²) in [6.07, 6.45) is 7.69. The topological polar surface area (TPSA) is 17.1 Å². The van der Waals surface area contributed by atoms with Crippen molar-refractivity contribution in [1.82, 2.24) is 0 Å². The van der Waals surface area contributed by atoms with E-state index in [2.05, 4.69) is 24.3 Å². The quantitative estimate of drug-likeness (QED) is 0.665. The van der Waals surface area contributed by atoms with E-state index in [1.165, 1.54) is 5.56 Å². The second kappa shape index (κ2) is 6.70. The van der Waals surface area contributed by atoms with Crippen LogP contribution in [0.3, 0.4) is 0 Å². The van der Waals surface area contributed by atoms with Crippen molar-refractivity contribution in [2.45, 2.75) is 20.3 Å². The minimum atomic E-state index is -1.85. The first-order valence-electron chi connectivity index (χ1n) is 5.99. The molecule has 88 valence electrons. The second-order valence-electron chi connectivity index (χ2n) is 4.02. The van der Waals surface area contributed by atoms with Gasteiger partial charge >= 0.3 is 0 Å². The van der Waals surface area contributed by atoms with Gasteiger partial charge in [0.25, 0.3) is 0 Å². The summed E-state index contributed by atoms with van der Waals surface area (Å²) in [4.78, 5) is 0. The maximum absolute atomic E-state index is 12.1. The predicted molar refractivity (Wildman–Crippen MR) is 73.6 cm³/mol. The van der Waals surface area contributed by atoms with Crippen LogP contribution in [0, 0.1) is 0 Å². The van der Waals surface area contributed by atoms with Crippen molar-refractivity contribution < 1.29 is 4.57 Å². The van der Waals surface area contributed by atoms with Crippen LogP contribution in [0.15, 0.2) is 36.4 Å². The highest BCUT2D eigenvalue weighted by atomic mass is 31.2. The van der Waals surface area contributed by atoms with Gasteiger partial charge in [-0.3, -0.25) is 0 Å². The molecule has 0 saturated heterocycles. The first kappa shape index (κ1) is 13.3. The first-order valence-corrected chi connectivity index (χ1v) is 8.25. The van der Waals surface area contributed by atoms with Gasteiger partial charge in [0.05, 0.1) is 7.14 Å². The van der Waals surface area contributed by atoms with Gasteiger partial charge < -0.3 is 4.57 Å². The summed E-state index contributed by atoms with van der Waals surface area (Å²) < 4.78 is 12.1. The Balaban J connectivity index is 2.41. The number of hydrogen-bond donors (Lipinski definition) is 0. The lowest BCUT2D eigenvalue weighted by atomic mass is 10.2. The van der Waals surface area contributed by atoms with E-state index in [0.29, 0.717) is 0 Å². The zero-order chi connectivity index (χ0) is 11.9. The molecule has 0 spiro atoms. The third-order valence-electron chi connectivity index (χ3n) is 2.97. The van der Waals surface area contributed by atoms with Gasteiger partial charge in [0, 0.05) is 6.16 Å². The molecule has 0 fully saturated rings. The largest absolute Gasteiger partial charge is 0.324 e. The summed E-state index contributed by atoms with van der Waals surface area (Å²) in [5, 5.41) is 0. The third-order valence-corrected chi connectivity index (χ3v) is 6.34. The van der Waals surface area contributed by atoms with E-state index < -0.39 is 7.14 Å². The minimum absolute atomic E-state index is 0.836. The first-order chi connectivity index (χ1) is 7.70. The average Bonchev–Trinajstić information content (AvgIpc) is 2.36. The molecule has 0 aromatic heterocycles. The SMILES string of the molecule is CCP(=O)(CC)CCC=Cc1ccccc1. The molecule has 0 unspecified atom stereocenters. The van der Waals surface area contributed by atoms with E-state index in [-0.39, 0.29) is 0 Å². The van der Waals surface area contributed by atoms with Crippen LogP contribution in [0.1, 0.15) is 25.8 Å². The maximum atomic E-state index is 12.1. The molecule has 0 heterocycles. The normalized spacial score (nSPS) is 12.1. The van der Waals surface area contributed by atoms with Gasteiger partial charge in [-0.05, 0) is 24.3 Å². The van der Waals surface area contributed by atoms with E-state index in [1.54, 1.807) is 0 Å². The highest BCUT2D eigenvalue weighted by Crippen LogP contribution is 2.45. The summed E-state index contributed by atoms with van der Waals surface area (Å²) >= 11 is 0. The van der Waals surface area contributed by atoms with Crippen molar-refractivity contribution in [3.8, 4) is 0 Å². The Labute approximate surface area is 99.0 Å². The van der Waals surface area contributed by atoms with Gasteiger partial charge in [-0.25, -0.2) is 0 Å². The maximum Gasteiger partial charge on any atom is 0.0875 e. The zero-order valence-corrected chi connectivity index (χ0v) is 11.1. The van der Waals surface area contributed by atoms with Crippen LogP contribution in [0.2, 0.25) is 0 Å². The molecule has 1 aromatic carbocycles. The summed E-state index contributed by atoms with van der Waals surface area (Å²) in [5.74, 6) is 0. The lowest BCUT2D eigenvalue weighted by molar-refractivity contribution is 0.575. The van der Waals surface area contributed by atoms with Crippen LogP contribution >= 0.6 is 7.14 Å². The van der Waals surface area contributed by atoms with Crippen molar-refractivity contribution in [1.29, 1.82) is 0 Å². The smallest absolute Gasteiger partial charge is 0.0875 e. The third kappa shape index (κ3) is 4.37. The molecule has 0 aliphatic heterocycles. The van der Waals surface area contributed by atoms with Crippen LogP contribution in [0.25, 0.3) is 6.08 Å². The Morgan fingerprint density at radius 3 is 2.31 bits per heavy atom. The molecule has 0 atom stereocenters. The molecule has 1 nitrogen and oxygen atoms in total. The highest BCUT2D eigenvalue weighted by Gasteiger charge is 2.14. The Hall–Kier alpha value is -0.810. The van der Waals surface area contributed by atoms with Gasteiger partial charge in [0.15, 0.2) is 0 Å². The molecule has 0 bridgehead atoms. The highest BCUT2D eigenvalue weighted by molar-refractivity contribution is 7.63. The Morgan fingerprint density at radius 1 is 1.12 bits per heavy atom. The average molecular weight is 236 g/mol. The lowest BCUT2D eigenvalue weighted by Crippen LogP contribution is -1.94. The monoisotopic (exact) mass is 236 g/mol. The van der Waals surface area contributed by atoms with Crippen molar-refractivity contribution >= 4 is 13.2 Å². The molecule has 0 radical (unpaired) electrons. The fraction of sp³-hybridized carbons (Fsp3) is 0.429. The molecular weight excluding hydrogens is 215 g/mol. The minimum Gasteiger partial charge on any atom is -0.324 e. The molecule has 0 amide bonds. The van der Waals surface area contributed by atoms with Gasteiger partial charge in [-0.1, -0.05) is 56.3 Å². The molecular formula is C14H21OP. The second-order valence-corrected chi connectivity index (χ2v) is 7.84. The standard InChI is InChI=1S/C14H21OP/c1-3-16(15,4-2)13-9-8-12-14-10-6-5-7-11-14/h5-8,10-12H,3-4,9,13H2,1-2H3. The number of allylic oxidation sites excluding steroid dienone is 1. The van der Waals surface area contributed by atoms with E-state index in [4.69, 9.17) is 0 Å². The zero-order valence-electron chi connectivity index (χ0n) is 10.2. The van der Waals surface area contributed by atoms with E-state index >= 15 is 0 Å². The lowest BCUT2D eigenvalue weighted by Gasteiger charge is -2.11. The predicted octanol–water partition coefficient (Wildman–Crippen LogP) is 4.49. The number of benzene rings is 1. The Bertz CT molecular complexity index is 360. The fourth-order valence-electron chi connectivity index (χ4n) is 1.63. The summed E-state index contributed by atoms with van der Waals surface area (Å²) in [6, 6.07) is 10.2. The van der Waals surface area contributed by atoms with Crippen LogP contribution in [-0.4, -0.2) is 18.5 Å². The molecule has 0 saturated carbocycles. The summed E-state index contributed by atoms with van der Waals surface area (Å²) in [6.45, 7) is 4.07. The summed E-state index contributed by atoms with van der Waals surface area (Å²) in [7, 11) is -1.85. The number of rotatable bonds is 6. The van der Waals surface area contributed by atoms with Gasteiger partial charge in [-0.2, -0.15) is 0 Å². The van der Waals surface area contributed by atoms with Crippen LogP contribution in [0.4, 0.5) is 0 Å². The molecule has 2 heteroatoms. The van der Waals surface area contributed by atoms with E-state index in [9.17, 15) is 4.57 Å². The van der Waals surface area contributed by atoms with Crippen LogP contribution in [0.5, 0.6) is 0 Å². The van der Waals surface area contributed by atoms with Crippen LogP contribution < -0.4 is 0 Å².